The Hall–Kier alpha value is -1.81. The van der Waals surface area contributed by atoms with Gasteiger partial charge in [-0.25, -0.2) is 0 Å². The molecule has 2 rings (SSSR count). The van der Waals surface area contributed by atoms with Gasteiger partial charge in [0, 0.05) is 11.8 Å². The molecule has 0 atom stereocenters. The highest BCUT2D eigenvalue weighted by Crippen LogP contribution is 2.18. The number of hydrogen-bond donors (Lipinski definition) is 1. The Morgan fingerprint density at radius 3 is 2.81 bits per heavy atom. The summed E-state index contributed by atoms with van der Waals surface area (Å²) in [6, 6.07) is 7.48. The lowest BCUT2D eigenvalue weighted by Crippen LogP contribution is -2.36. The highest BCUT2D eigenvalue weighted by molar-refractivity contribution is 5.92. The van der Waals surface area contributed by atoms with Crippen LogP contribution in [0.3, 0.4) is 0 Å². The van der Waals surface area contributed by atoms with Crippen LogP contribution in [0, 0.1) is 0 Å². The Balaban J connectivity index is 1.85. The second kappa shape index (κ2) is 7.84. The Kier molecular flexibility index (Phi) is 5.81. The molecule has 0 saturated carbocycles. The van der Waals surface area contributed by atoms with Crippen molar-refractivity contribution in [3.63, 3.8) is 0 Å². The molecule has 1 aliphatic heterocycles. The van der Waals surface area contributed by atoms with Crippen LogP contribution in [0.15, 0.2) is 36.4 Å². The maximum absolute atomic E-state index is 12.1. The van der Waals surface area contributed by atoms with Crippen LogP contribution in [0.5, 0.6) is 5.75 Å². The van der Waals surface area contributed by atoms with Gasteiger partial charge in [-0.3, -0.25) is 9.69 Å². The molecule has 114 valence electrons. The van der Waals surface area contributed by atoms with Gasteiger partial charge in [-0.1, -0.05) is 19.1 Å². The molecule has 1 aliphatic rings. The topological polar surface area (TPSA) is 41.6 Å². The standard InChI is InChI=1S/C17H24N2O2/c1-14(2)13-21-16-8-6-7-15(11-16)18-17(20)12-19-9-4-3-5-10-19/h6-8,11H,1,3-5,9-10,12-13H2,2H3,(H,18,20). The minimum Gasteiger partial charge on any atom is -0.489 e. The normalized spacial score (nSPS) is 15.5. The summed E-state index contributed by atoms with van der Waals surface area (Å²) in [6.45, 7) is 8.73. The van der Waals surface area contributed by atoms with Gasteiger partial charge in [0.2, 0.25) is 5.91 Å². The van der Waals surface area contributed by atoms with Gasteiger partial charge in [0.25, 0.3) is 0 Å². The second-order valence-corrected chi connectivity index (χ2v) is 5.66. The molecule has 1 heterocycles. The number of nitrogens with zero attached hydrogens (tertiary/aromatic N) is 1. The van der Waals surface area contributed by atoms with Crippen molar-refractivity contribution < 1.29 is 9.53 Å². The largest absolute Gasteiger partial charge is 0.489 e. The van der Waals surface area contributed by atoms with E-state index in [1.807, 2.05) is 31.2 Å². The molecule has 0 aliphatic carbocycles. The van der Waals surface area contributed by atoms with E-state index >= 15 is 0 Å². The molecule has 1 fully saturated rings. The number of ether oxygens (including phenoxy) is 1. The van der Waals surface area contributed by atoms with Crippen LogP contribution in [-0.4, -0.2) is 37.0 Å². The van der Waals surface area contributed by atoms with Gasteiger partial charge in [-0.05, 0) is 50.6 Å². The zero-order chi connectivity index (χ0) is 15.1. The molecule has 0 aromatic heterocycles. The maximum Gasteiger partial charge on any atom is 0.238 e. The summed E-state index contributed by atoms with van der Waals surface area (Å²) in [4.78, 5) is 14.3. The number of likely N-dealkylation sites (tertiary alicyclic amines) is 1. The fraction of sp³-hybridized carbons (Fsp3) is 0.471. The minimum atomic E-state index is 0.0361. The van der Waals surface area contributed by atoms with E-state index in [0.717, 1.165) is 30.1 Å². The molecule has 0 radical (unpaired) electrons. The number of rotatable bonds is 6. The van der Waals surface area contributed by atoms with Gasteiger partial charge in [0.1, 0.15) is 12.4 Å². The highest BCUT2D eigenvalue weighted by Gasteiger charge is 2.13. The average molecular weight is 288 g/mol. The van der Waals surface area contributed by atoms with Crippen molar-refractivity contribution in [1.29, 1.82) is 0 Å². The summed E-state index contributed by atoms with van der Waals surface area (Å²) >= 11 is 0. The SMILES string of the molecule is C=C(C)COc1cccc(NC(=O)CN2CCCCC2)c1. The first-order chi connectivity index (χ1) is 10.1. The van der Waals surface area contributed by atoms with Crippen molar-refractivity contribution >= 4 is 11.6 Å². The summed E-state index contributed by atoms with van der Waals surface area (Å²) in [6.07, 6.45) is 3.66. The van der Waals surface area contributed by atoms with Gasteiger partial charge in [0.05, 0.1) is 6.54 Å². The van der Waals surface area contributed by atoms with E-state index in [9.17, 15) is 4.79 Å². The maximum atomic E-state index is 12.1. The quantitative estimate of drug-likeness (QED) is 0.818. The lowest BCUT2D eigenvalue weighted by molar-refractivity contribution is -0.117. The van der Waals surface area contributed by atoms with Gasteiger partial charge < -0.3 is 10.1 Å². The van der Waals surface area contributed by atoms with E-state index in [4.69, 9.17) is 4.74 Å². The van der Waals surface area contributed by atoms with Crippen LogP contribution in [0.1, 0.15) is 26.2 Å². The van der Waals surface area contributed by atoms with E-state index in [0.29, 0.717) is 13.2 Å². The number of amides is 1. The van der Waals surface area contributed by atoms with E-state index in [-0.39, 0.29) is 5.91 Å². The zero-order valence-corrected chi connectivity index (χ0v) is 12.7. The molecule has 1 N–H and O–H groups in total. The Bertz CT molecular complexity index is 493. The third-order valence-electron chi connectivity index (χ3n) is 3.42. The van der Waals surface area contributed by atoms with Crippen LogP contribution in [-0.2, 0) is 4.79 Å². The molecule has 1 amide bonds. The van der Waals surface area contributed by atoms with Crippen LogP contribution in [0.4, 0.5) is 5.69 Å². The van der Waals surface area contributed by atoms with Crippen molar-refractivity contribution in [2.45, 2.75) is 26.2 Å². The summed E-state index contributed by atoms with van der Waals surface area (Å²) in [5.74, 6) is 0.780. The number of piperidine rings is 1. The number of hydrogen-bond acceptors (Lipinski definition) is 3. The molecule has 1 aromatic carbocycles. The lowest BCUT2D eigenvalue weighted by atomic mass is 10.1. The van der Waals surface area contributed by atoms with E-state index in [1.54, 1.807) is 0 Å². The Morgan fingerprint density at radius 2 is 2.10 bits per heavy atom. The van der Waals surface area contributed by atoms with Crippen molar-refractivity contribution in [2.24, 2.45) is 0 Å². The lowest BCUT2D eigenvalue weighted by Gasteiger charge is -2.25. The average Bonchev–Trinajstić information content (AvgIpc) is 2.46. The molecule has 0 unspecified atom stereocenters. The molecule has 0 bridgehead atoms. The number of anilines is 1. The van der Waals surface area contributed by atoms with Crippen molar-refractivity contribution in [1.82, 2.24) is 4.90 Å². The van der Waals surface area contributed by atoms with E-state index < -0.39 is 0 Å². The molecule has 0 spiro atoms. The van der Waals surface area contributed by atoms with Crippen molar-refractivity contribution in [3.05, 3.63) is 36.4 Å². The predicted molar refractivity (Wildman–Crippen MR) is 85.7 cm³/mol. The molecule has 4 heteroatoms. The molecular weight excluding hydrogens is 264 g/mol. The second-order valence-electron chi connectivity index (χ2n) is 5.66. The number of carbonyl (C=O) groups excluding carboxylic acids is 1. The molecule has 1 aromatic rings. The fourth-order valence-electron chi connectivity index (χ4n) is 2.39. The third-order valence-corrected chi connectivity index (χ3v) is 3.42. The predicted octanol–water partition coefficient (Wildman–Crippen LogP) is 3.07. The molecule has 1 saturated heterocycles. The number of carbonyl (C=O) groups is 1. The smallest absolute Gasteiger partial charge is 0.238 e. The van der Waals surface area contributed by atoms with E-state index in [2.05, 4.69) is 16.8 Å². The summed E-state index contributed by atoms with van der Waals surface area (Å²) in [7, 11) is 0. The highest BCUT2D eigenvalue weighted by atomic mass is 16.5. The van der Waals surface area contributed by atoms with Gasteiger partial charge in [-0.15, -0.1) is 0 Å². The summed E-state index contributed by atoms with van der Waals surface area (Å²) in [5, 5.41) is 2.93. The summed E-state index contributed by atoms with van der Waals surface area (Å²) in [5.41, 5.74) is 1.74. The molecule has 21 heavy (non-hydrogen) atoms. The fourth-order valence-corrected chi connectivity index (χ4v) is 2.39. The van der Waals surface area contributed by atoms with Crippen LogP contribution < -0.4 is 10.1 Å². The summed E-state index contributed by atoms with van der Waals surface area (Å²) < 4.78 is 5.58. The molecular formula is C17H24N2O2. The first-order valence-electron chi connectivity index (χ1n) is 7.53. The van der Waals surface area contributed by atoms with E-state index in [1.165, 1.54) is 19.3 Å². The first kappa shape index (κ1) is 15.6. The number of benzene rings is 1. The Labute approximate surface area is 126 Å². The minimum absolute atomic E-state index is 0.0361. The monoisotopic (exact) mass is 288 g/mol. The van der Waals surface area contributed by atoms with Crippen LogP contribution in [0.25, 0.3) is 0 Å². The zero-order valence-electron chi connectivity index (χ0n) is 12.7. The van der Waals surface area contributed by atoms with Crippen LogP contribution in [0.2, 0.25) is 0 Å². The van der Waals surface area contributed by atoms with Gasteiger partial charge in [-0.2, -0.15) is 0 Å². The van der Waals surface area contributed by atoms with Crippen LogP contribution >= 0.6 is 0 Å². The molecule has 4 nitrogen and oxygen atoms in total. The number of nitrogens with one attached hydrogen (secondary N) is 1. The Morgan fingerprint density at radius 1 is 1.33 bits per heavy atom. The third kappa shape index (κ3) is 5.60. The first-order valence-corrected chi connectivity index (χ1v) is 7.53. The van der Waals surface area contributed by atoms with Crippen molar-refractivity contribution in [3.8, 4) is 5.75 Å². The van der Waals surface area contributed by atoms with Gasteiger partial charge >= 0.3 is 0 Å². The van der Waals surface area contributed by atoms with Gasteiger partial charge in [0.15, 0.2) is 0 Å². The van der Waals surface area contributed by atoms with Crippen molar-refractivity contribution in [2.75, 3.05) is 31.6 Å².